The van der Waals surface area contributed by atoms with Crippen molar-refractivity contribution in [2.24, 2.45) is 0 Å². The van der Waals surface area contributed by atoms with Crippen LogP contribution in [0.5, 0.6) is 5.75 Å². The molecule has 0 bridgehead atoms. The van der Waals surface area contributed by atoms with Gasteiger partial charge < -0.3 is 10.1 Å². The Morgan fingerprint density at radius 1 is 1.15 bits per heavy atom. The van der Waals surface area contributed by atoms with Crippen LogP contribution in [-0.2, 0) is 5.92 Å². The lowest BCUT2D eigenvalue weighted by Crippen LogP contribution is -2.24. The van der Waals surface area contributed by atoms with Gasteiger partial charge >= 0.3 is 0 Å². The fraction of sp³-hybridized carbons (Fsp3) is 0.200. The molecule has 0 aliphatic heterocycles. The molecule has 0 fully saturated rings. The lowest BCUT2D eigenvalue weighted by molar-refractivity contribution is 0.0106. The number of rotatable bonds is 5. The molecule has 106 valence electrons. The summed E-state index contributed by atoms with van der Waals surface area (Å²) in [5.74, 6) is -2.42. The third kappa shape index (κ3) is 3.39. The number of halogens is 3. The second-order valence-electron chi connectivity index (χ2n) is 4.27. The van der Waals surface area contributed by atoms with Gasteiger partial charge in [-0.15, -0.1) is 0 Å². The summed E-state index contributed by atoms with van der Waals surface area (Å²) in [6, 6.07) is 12.5. The highest BCUT2D eigenvalue weighted by Gasteiger charge is 2.31. The summed E-state index contributed by atoms with van der Waals surface area (Å²) in [6.45, 7) is -0.538. The monoisotopic (exact) mass is 297 g/mol. The Bertz CT molecular complexity index is 575. The minimum atomic E-state index is -2.98. The van der Waals surface area contributed by atoms with E-state index in [1.807, 2.05) is 0 Å². The molecular formula is C15H14ClF2NO. The molecule has 0 spiro atoms. The molecule has 0 aliphatic carbocycles. The molecule has 0 aromatic heterocycles. The fourth-order valence-corrected chi connectivity index (χ4v) is 1.94. The molecule has 2 aromatic carbocycles. The number of benzene rings is 2. The summed E-state index contributed by atoms with van der Waals surface area (Å²) >= 11 is 5.97. The van der Waals surface area contributed by atoms with Crippen molar-refractivity contribution in [3.05, 3.63) is 59.1 Å². The van der Waals surface area contributed by atoms with Gasteiger partial charge in [0.2, 0.25) is 0 Å². The van der Waals surface area contributed by atoms with Crippen LogP contribution >= 0.6 is 11.6 Å². The SMILES string of the molecule is COc1ccc(Cl)c(NCC(F)(F)c2ccccc2)c1. The maximum absolute atomic E-state index is 14.0. The molecule has 0 aliphatic rings. The fourth-order valence-electron chi connectivity index (χ4n) is 1.76. The Morgan fingerprint density at radius 3 is 2.50 bits per heavy atom. The van der Waals surface area contributed by atoms with E-state index < -0.39 is 12.5 Å². The van der Waals surface area contributed by atoms with Gasteiger partial charge in [0, 0.05) is 11.6 Å². The highest BCUT2D eigenvalue weighted by atomic mass is 35.5. The number of methoxy groups -OCH3 is 1. The molecule has 0 radical (unpaired) electrons. The van der Waals surface area contributed by atoms with E-state index in [9.17, 15) is 8.78 Å². The zero-order valence-corrected chi connectivity index (χ0v) is 11.6. The van der Waals surface area contributed by atoms with E-state index in [2.05, 4.69) is 5.32 Å². The number of hydrogen-bond donors (Lipinski definition) is 1. The molecule has 2 rings (SSSR count). The maximum Gasteiger partial charge on any atom is 0.290 e. The molecule has 2 aromatic rings. The second kappa shape index (κ2) is 6.09. The third-order valence-electron chi connectivity index (χ3n) is 2.87. The van der Waals surface area contributed by atoms with Gasteiger partial charge in [0.1, 0.15) is 5.75 Å². The number of ether oxygens (including phenoxy) is 1. The molecule has 1 N–H and O–H groups in total. The minimum absolute atomic E-state index is 0.0356. The van der Waals surface area contributed by atoms with Crippen molar-refractivity contribution in [2.75, 3.05) is 19.0 Å². The van der Waals surface area contributed by atoms with Crippen molar-refractivity contribution in [2.45, 2.75) is 5.92 Å². The largest absolute Gasteiger partial charge is 0.497 e. The summed E-state index contributed by atoms with van der Waals surface area (Å²) in [4.78, 5) is 0. The van der Waals surface area contributed by atoms with Crippen LogP contribution in [-0.4, -0.2) is 13.7 Å². The molecule has 0 unspecified atom stereocenters. The highest BCUT2D eigenvalue weighted by Crippen LogP contribution is 2.31. The van der Waals surface area contributed by atoms with Crippen LogP contribution in [0.4, 0.5) is 14.5 Å². The van der Waals surface area contributed by atoms with Gasteiger partial charge in [-0.05, 0) is 12.1 Å². The van der Waals surface area contributed by atoms with Crippen molar-refractivity contribution in [1.82, 2.24) is 0 Å². The summed E-state index contributed by atoms with van der Waals surface area (Å²) in [7, 11) is 1.51. The van der Waals surface area contributed by atoms with E-state index in [1.165, 1.54) is 19.2 Å². The molecule has 0 saturated carbocycles. The topological polar surface area (TPSA) is 21.3 Å². The summed E-state index contributed by atoms with van der Waals surface area (Å²) < 4.78 is 33.1. The maximum atomic E-state index is 14.0. The molecule has 20 heavy (non-hydrogen) atoms. The van der Waals surface area contributed by atoms with Crippen molar-refractivity contribution >= 4 is 17.3 Å². The van der Waals surface area contributed by atoms with Crippen molar-refractivity contribution in [3.63, 3.8) is 0 Å². The number of alkyl halides is 2. The molecule has 2 nitrogen and oxygen atoms in total. The number of nitrogens with one attached hydrogen (secondary N) is 1. The summed E-state index contributed by atoms with van der Waals surface area (Å²) in [5, 5.41) is 3.03. The Kier molecular flexibility index (Phi) is 4.45. The Morgan fingerprint density at radius 2 is 1.85 bits per heavy atom. The normalized spacial score (nSPS) is 11.2. The molecule has 0 saturated heterocycles. The van der Waals surface area contributed by atoms with Crippen LogP contribution in [0.25, 0.3) is 0 Å². The molecule has 0 heterocycles. The predicted octanol–water partition coefficient (Wildman–Crippen LogP) is 4.55. The first kappa shape index (κ1) is 14.6. The van der Waals surface area contributed by atoms with Gasteiger partial charge in [0.05, 0.1) is 24.4 Å². The first-order valence-corrected chi connectivity index (χ1v) is 6.41. The van der Waals surface area contributed by atoms with E-state index in [-0.39, 0.29) is 5.56 Å². The predicted molar refractivity (Wildman–Crippen MR) is 76.8 cm³/mol. The smallest absolute Gasteiger partial charge is 0.290 e. The van der Waals surface area contributed by atoms with Crippen LogP contribution in [0, 0.1) is 0 Å². The molecule has 0 atom stereocenters. The lowest BCUT2D eigenvalue weighted by Gasteiger charge is -2.19. The molecule has 0 amide bonds. The first-order chi connectivity index (χ1) is 9.53. The van der Waals surface area contributed by atoms with Gasteiger partial charge in [-0.3, -0.25) is 0 Å². The van der Waals surface area contributed by atoms with E-state index in [0.717, 1.165) is 0 Å². The summed E-state index contributed by atoms with van der Waals surface area (Å²) in [5.41, 5.74) is 0.383. The number of anilines is 1. The Hall–Kier alpha value is -1.81. The lowest BCUT2D eigenvalue weighted by atomic mass is 10.1. The zero-order valence-electron chi connectivity index (χ0n) is 10.9. The van der Waals surface area contributed by atoms with Gasteiger partial charge in [0.15, 0.2) is 0 Å². The van der Waals surface area contributed by atoms with Crippen LogP contribution in [0.2, 0.25) is 5.02 Å². The van der Waals surface area contributed by atoms with Crippen molar-refractivity contribution in [3.8, 4) is 5.75 Å². The Balaban J connectivity index is 2.12. The Labute approximate surface area is 121 Å². The average molecular weight is 298 g/mol. The van der Waals surface area contributed by atoms with E-state index >= 15 is 0 Å². The average Bonchev–Trinajstić information content (AvgIpc) is 2.47. The standard InChI is InChI=1S/C15H14ClF2NO/c1-20-12-7-8-13(16)14(9-12)19-10-15(17,18)11-5-3-2-4-6-11/h2-9,19H,10H2,1H3. The van der Waals surface area contributed by atoms with Gasteiger partial charge in [-0.1, -0.05) is 41.9 Å². The van der Waals surface area contributed by atoms with E-state index in [1.54, 1.807) is 36.4 Å². The minimum Gasteiger partial charge on any atom is -0.497 e. The molecule has 5 heteroatoms. The zero-order chi connectivity index (χ0) is 14.6. The molecular weight excluding hydrogens is 284 g/mol. The van der Waals surface area contributed by atoms with Crippen LogP contribution < -0.4 is 10.1 Å². The summed E-state index contributed by atoms with van der Waals surface area (Å²) in [6.07, 6.45) is 0. The van der Waals surface area contributed by atoms with Crippen LogP contribution in [0.1, 0.15) is 5.56 Å². The first-order valence-electron chi connectivity index (χ1n) is 6.04. The van der Waals surface area contributed by atoms with E-state index in [4.69, 9.17) is 16.3 Å². The van der Waals surface area contributed by atoms with Crippen LogP contribution in [0.3, 0.4) is 0 Å². The van der Waals surface area contributed by atoms with E-state index in [0.29, 0.717) is 16.5 Å². The second-order valence-corrected chi connectivity index (χ2v) is 4.68. The highest BCUT2D eigenvalue weighted by molar-refractivity contribution is 6.33. The van der Waals surface area contributed by atoms with Gasteiger partial charge in [-0.25, -0.2) is 0 Å². The van der Waals surface area contributed by atoms with Gasteiger partial charge in [0.25, 0.3) is 5.92 Å². The van der Waals surface area contributed by atoms with Crippen molar-refractivity contribution in [1.29, 1.82) is 0 Å². The van der Waals surface area contributed by atoms with Crippen molar-refractivity contribution < 1.29 is 13.5 Å². The number of hydrogen-bond acceptors (Lipinski definition) is 2. The quantitative estimate of drug-likeness (QED) is 0.874. The van der Waals surface area contributed by atoms with Gasteiger partial charge in [-0.2, -0.15) is 8.78 Å². The van der Waals surface area contributed by atoms with Crippen LogP contribution in [0.15, 0.2) is 48.5 Å². The third-order valence-corrected chi connectivity index (χ3v) is 3.20.